The van der Waals surface area contributed by atoms with Crippen LogP contribution in [0.3, 0.4) is 0 Å². The fraction of sp³-hybridized carbons (Fsp3) is 0.476. The van der Waals surface area contributed by atoms with Crippen molar-refractivity contribution in [2.45, 2.75) is 57.0 Å². The van der Waals surface area contributed by atoms with E-state index in [9.17, 15) is 13.2 Å². The van der Waals surface area contributed by atoms with E-state index in [-0.39, 0.29) is 22.9 Å². The molecule has 2 heterocycles. The van der Waals surface area contributed by atoms with E-state index < -0.39 is 9.84 Å². The number of carbonyl (C=O) groups excluding carboxylic acids is 1. The molecule has 2 aromatic rings. The highest BCUT2D eigenvalue weighted by Gasteiger charge is 2.39. The van der Waals surface area contributed by atoms with Gasteiger partial charge in [-0.05, 0) is 31.4 Å². The number of hydrogen-bond donors (Lipinski definition) is 0. The van der Waals surface area contributed by atoms with Gasteiger partial charge in [0.1, 0.15) is 11.7 Å². The minimum Gasteiger partial charge on any atom is -0.340 e. The van der Waals surface area contributed by atoms with Crippen molar-refractivity contribution in [3.05, 3.63) is 30.5 Å². The van der Waals surface area contributed by atoms with E-state index in [1.54, 1.807) is 42.4 Å². The molecule has 1 aliphatic heterocycles. The van der Waals surface area contributed by atoms with Gasteiger partial charge < -0.3 is 9.80 Å². The van der Waals surface area contributed by atoms with Crippen LogP contribution in [0.1, 0.15) is 40.0 Å². The molecule has 7 nitrogen and oxygen atoms in total. The molecule has 1 aliphatic rings. The zero-order valence-electron chi connectivity index (χ0n) is 17.6. The first kappa shape index (κ1) is 21.2. The van der Waals surface area contributed by atoms with Crippen LogP contribution in [0.4, 0.5) is 11.5 Å². The lowest BCUT2D eigenvalue weighted by molar-refractivity contribution is -0.120. The van der Waals surface area contributed by atoms with E-state index in [2.05, 4.69) is 23.7 Å². The quantitative estimate of drug-likeness (QED) is 0.718. The molecular weight excluding hydrogens is 388 g/mol. The van der Waals surface area contributed by atoms with Crippen molar-refractivity contribution < 1.29 is 13.2 Å². The second-order valence-corrected chi connectivity index (χ2v) is 9.42. The highest BCUT2D eigenvalue weighted by molar-refractivity contribution is 7.90. The summed E-state index contributed by atoms with van der Waals surface area (Å²) in [6.07, 6.45) is 5.31. The molecule has 3 rings (SSSR count). The molecule has 8 heteroatoms. The number of rotatable bonds is 6. The molecule has 0 N–H and O–H groups in total. The number of likely N-dealkylation sites (N-methyl/N-ethyl adjacent to an activating group) is 1. The van der Waals surface area contributed by atoms with Gasteiger partial charge in [-0.3, -0.25) is 4.79 Å². The maximum atomic E-state index is 12.9. The number of amides is 1. The number of hydrogen-bond acceptors (Lipinski definition) is 6. The Morgan fingerprint density at radius 1 is 1.17 bits per heavy atom. The van der Waals surface area contributed by atoms with Crippen LogP contribution in [-0.2, 0) is 14.6 Å². The smallest absolute Gasteiger partial charge is 0.249 e. The van der Waals surface area contributed by atoms with Gasteiger partial charge >= 0.3 is 0 Å². The van der Waals surface area contributed by atoms with Gasteiger partial charge in [0.05, 0.1) is 11.1 Å². The van der Waals surface area contributed by atoms with Crippen molar-refractivity contribution in [2.75, 3.05) is 23.1 Å². The van der Waals surface area contributed by atoms with Crippen molar-refractivity contribution in [1.29, 1.82) is 0 Å². The minimum absolute atomic E-state index is 0.0438. The average molecular weight is 417 g/mol. The van der Waals surface area contributed by atoms with Crippen LogP contribution in [0.25, 0.3) is 11.4 Å². The van der Waals surface area contributed by atoms with Crippen molar-refractivity contribution in [2.24, 2.45) is 0 Å². The second-order valence-electron chi connectivity index (χ2n) is 7.40. The van der Waals surface area contributed by atoms with E-state index in [1.807, 2.05) is 6.92 Å². The Morgan fingerprint density at radius 3 is 2.45 bits per heavy atom. The van der Waals surface area contributed by atoms with Crippen LogP contribution in [0.15, 0.2) is 35.4 Å². The molecule has 156 valence electrons. The lowest BCUT2D eigenvalue weighted by atomic mass is 10.0. The summed E-state index contributed by atoms with van der Waals surface area (Å²) in [6, 6.07) is 6.55. The van der Waals surface area contributed by atoms with Gasteiger partial charge in [0.25, 0.3) is 0 Å². The summed E-state index contributed by atoms with van der Waals surface area (Å²) in [4.78, 5) is 26.2. The third-order valence-electron chi connectivity index (χ3n) is 5.55. The van der Waals surface area contributed by atoms with Crippen LogP contribution >= 0.6 is 0 Å². The molecule has 29 heavy (non-hydrogen) atoms. The summed E-state index contributed by atoms with van der Waals surface area (Å²) < 4.78 is 23.9. The molecule has 0 saturated heterocycles. The Bertz CT molecular complexity index is 1020. The lowest BCUT2D eigenvalue weighted by Crippen LogP contribution is -2.56. The van der Waals surface area contributed by atoms with Gasteiger partial charge in [0.15, 0.2) is 21.5 Å². The monoisotopic (exact) mass is 416 g/mol. The Morgan fingerprint density at radius 2 is 1.86 bits per heavy atom. The highest BCUT2D eigenvalue weighted by atomic mass is 32.2. The molecule has 0 radical (unpaired) electrons. The van der Waals surface area contributed by atoms with E-state index in [0.717, 1.165) is 18.7 Å². The van der Waals surface area contributed by atoms with Gasteiger partial charge in [-0.2, -0.15) is 0 Å². The van der Waals surface area contributed by atoms with Gasteiger partial charge in [-0.25, -0.2) is 18.4 Å². The summed E-state index contributed by atoms with van der Waals surface area (Å²) in [5.41, 5.74) is 1.31. The molecule has 1 atom stereocenters. The number of aromatic nitrogens is 2. The fourth-order valence-corrected chi connectivity index (χ4v) is 4.55. The Hall–Kier alpha value is -2.48. The average Bonchev–Trinajstić information content (AvgIpc) is 2.71. The topological polar surface area (TPSA) is 83.5 Å². The SMILES string of the molecule is CCC(CC)N1c2nc(-c3cccc(S(C)(=O)=O)c3)ncc2N(C)C(=O)C1CC. The molecule has 0 spiro atoms. The second kappa shape index (κ2) is 8.10. The van der Waals surface area contributed by atoms with Crippen LogP contribution in [0, 0.1) is 0 Å². The first-order valence-electron chi connectivity index (χ1n) is 9.96. The zero-order valence-corrected chi connectivity index (χ0v) is 18.4. The molecule has 0 fully saturated rings. The zero-order chi connectivity index (χ0) is 21.3. The van der Waals surface area contributed by atoms with Gasteiger partial charge in [0, 0.05) is 24.9 Å². The molecule has 0 saturated carbocycles. The highest BCUT2D eigenvalue weighted by Crippen LogP contribution is 2.38. The molecule has 1 unspecified atom stereocenters. The van der Waals surface area contributed by atoms with Crippen LogP contribution in [0.2, 0.25) is 0 Å². The van der Waals surface area contributed by atoms with Crippen LogP contribution in [0.5, 0.6) is 0 Å². The number of fused-ring (bicyclic) bond motifs is 1. The van der Waals surface area contributed by atoms with Gasteiger partial charge in [0.2, 0.25) is 5.91 Å². The largest absolute Gasteiger partial charge is 0.340 e. The third-order valence-corrected chi connectivity index (χ3v) is 6.66. The van der Waals surface area contributed by atoms with E-state index in [1.165, 1.54) is 6.26 Å². The van der Waals surface area contributed by atoms with Gasteiger partial charge in [-0.15, -0.1) is 0 Å². The lowest BCUT2D eigenvalue weighted by Gasteiger charge is -2.44. The predicted octanol–water partition coefficient (Wildman–Crippen LogP) is 3.30. The molecule has 0 bridgehead atoms. The first-order chi connectivity index (χ1) is 13.7. The molecular formula is C21H28N4O3S. The molecule has 1 aromatic carbocycles. The maximum Gasteiger partial charge on any atom is 0.249 e. The number of benzene rings is 1. The Balaban J connectivity index is 2.18. The summed E-state index contributed by atoms with van der Waals surface area (Å²) in [7, 11) is -1.58. The third kappa shape index (κ3) is 3.85. The fourth-order valence-electron chi connectivity index (χ4n) is 3.89. The molecule has 1 amide bonds. The van der Waals surface area contributed by atoms with Crippen molar-refractivity contribution in [1.82, 2.24) is 9.97 Å². The van der Waals surface area contributed by atoms with Crippen molar-refractivity contribution >= 4 is 27.2 Å². The van der Waals surface area contributed by atoms with Crippen molar-refractivity contribution in [3.8, 4) is 11.4 Å². The van der Waals surface area contributed by atoms with Gasteiger partial charge in [-0.1, -0.05) is 32.9 Å². The molecule has 1 aromatic heterocycles. The standard InChI is InChI=1S/C21H28N4O3S/c1-6-15(7-2)25-17(8-3)21(26)24(4)18-13-22-19(23-20(18)25)14-10-9-11-16(12-14)29(5,27)28/h9-13,15,17H,6-8H2,1-5H3. The Labute approximate surface area is 172 Å². The summed E-state index contributed by atoms with van der Waals surface area (Å²) in [5.74, 6) is 1.22. The summed E-state index contributed by atoms with van der Waals surface area (Å²) in [5, 5.41) is 0. The number of carbonyl (C=O) groups is 1. The van der Waals surface area contributed by atoms with E-state index in [0.29, 0.717) is 23.5 Å². The molecule has 0 aliphatic carbocycles. The predicted molar refractivity (Wildman–Crippen MR) is 115 cm³/mol. The van der Waals surface area contributed by atoms with E-state index in [4.69, 9.17) is 4.98 Å². The minimum atomic E-state index is -3.33. The van der Waals surface area contributed by atoms with E-state index >= 15 is 0 Å². The first-order valence-corrected chi connectivity index (χ1v) is 11.8. The number of sulfone groups is 1. The van der Waals surface area contributed by atoms with Crippen molar-refractivity contribution in [3.63, 3.8) is 0 Å². The number of anilines is 2. The summed E-state index contributed by atoms with van der Waals surface area (Å²) >= 11 is 0. The maximum absolute atomic E-state index is 12.9. The van der Waals surface area contributed by atoms with Crippen LogP contribution < -0.4 is 9.80 Å². The Kier molecular flexibility index (Phi) is 5.93. The normalized spacial score (nSPS) is 17.0. The van der Waals surface area contributed by atoms with Crippen LogP contribution in [-0.4, -0.2) is 49.7 Å². The number of nitrogens with zero attached hydrogens (tertiary/aromatic N) is 4. The summed E-state index contributed by atoms with van der Waals surface area (Å²) in [6.45, 7) is 6.23.